The molecule has 5 nitrogen and oxygen atoms in total. The highest BCUT2D eigenvalue weighted by molar-refractivity contribution is 7.85. The third kappa shape index (κ3) is 1.59. The first-order chi connectivity index (χ1) is 6.69. The quantitative estimate of drug-likeness (QED) is 0.743. The summed E-state index contributed by atoms with van der Waals surface area (Å²) in [6, 6.07) is 0. The van der Waals surface area contributed by atoms with Gasteiger partial charge >= 0.3 is 0 Å². The molecule has 0 aromatic carbocycles. The van der Waals surface area contributed by atoms with E-state index in [2.05, 4.69) is 0 Å². The van der Waals surface area contributed by atoms with E-state index in [0.29, 0.717) is 12.8 Å². The summed E-state index contributed by atoms with van der Waals surface area (Å²) in [6.07, 6.45) is 1.88. The average Bonchev–Trinajstić information content (AvgIpc) is 2.34. The molecule has 16 heavy (non-hydrogen) atoms. The zero-order valence-electron chi connectivity index (χ0n) is 9.95. The van der Waals surface area contributed by atoms with Crippen LogP contribution in [0.1, 0.15) is 33.1 Å². The molecule has 0 amide bonds. The van der Waals surface area contributed by atoms with Crippen LogP contribution in [0.3, 0.4) is 0 Å². The van der Waals surface area contributed by atoms with Crippen molar-refractivity contribution in [2.45, 2.75) is 33.1 Å². The molecular weight excluding hydrogens is 230 g/mol. The molecule has 0 aliphatic heterocycles. The number of quaternary nitrogens is 1. The van der Waals surface area contributed by atoms with Gasteiger partial charge in [0.2, 0.25) is 0 Å². The van der Waals surface area contributed by atoms with Gasteiger partial charge in [0, 0.05) is 11.8 Å². The summed E-state index contributed by atoms with van der Waals surface area (Å²) in [5, 5.41) is 0. The predicted octanol–water partition coefficient (Wildman–Crippen LogP) is 1.30. The number of carbonyl (C=O) groups excluding carboxylic acids is 1. The highest BCUT2D eigenvalue weighted by Crippen LogP contribution is 2.64. The lowest BCUT2D eigenvalue weighted by Gasteiger charge is -2.37. The Labute approximate surface area is 95.9 Å². The number of hydrogen-bond acceptors (Lipinski definition) is 4. The van der Waals surface area contributed by atoms with Crippen LogP contribution in [-0.4, -0.2) is 24.5 Å². The van der Waals surface area contributed by atoms with Crippen molar-refractivity contribution in [3.63, 3.8) is 0 Å². The van der Waals surface area contributed by atoms with Crippen molar-refractivity contribution in [1.29, 1.82) is 0 Å². The van der Waals surface area contributed by atoms with Gasteiger partial charge < -0.3 is 10.7 Å². The van der Waals surface area contributed by atoms with E-state index in [-0.39, 0.29) is 23.3 Å². The zero-order chi connectivity index (χ0) is 11.5. The average molecular weight is 249 g/mol. The summed E-state index contributed by atoms with van der Waals surface area (Å²) in [5.41, 5.74) is -1.22. The lowest BCUT2D eigenvalue weighted by molar-refractivity contribution is -0.128. The zero-order valence-corrected chi connectivity index (χ0v) is 10.8. The molecule has 0 heterocycles. The Morgan fingerprint density at radius 2 is 2.00 bits per heavy atom. The van der Waals surface area contributed by atoms with Gasteiger partial charge in [-0.25, -0.2) is 8.42 Å². The Morgan fingerprint density at radius 1 is 1.44 bits per heavy atom. The van der Waals surface area contributed by atoms with Gasteiger partial charge in [-0.3, -0.25) is 4.79 Å². The van der Waals surface area contributed by atoms with Gasteiger partial charge in [0.1, 0.15) is 5.78 Å². The first-order valence-electron chi connectivity index (χ1n) is 5.16. The molecule has 0 aromatic rings. The van der Waals surface area contributed by atoms with Crippen molar-refractivity contribution in [2.24, 2.45) is 16.7 Å². The van der Waals surface area contributed by atoms with E-state index >= 15 is 0 Å². The molecule has 0 aromatic heterocycles. The number of ketones is 1. The predicted molar refractivity (Wildman–Crippen MR) is 59.1 cm³/mol. The highest BCUT2D eigenvalue weighted by Gasteiger charge is 2.64. The molecule has 2 bridgehead atoms. The molecular formula is C10H19NO4S. The first-order valence-corrected chi connectivity index (χ1v) is 6.74. The summed E-state index contributed by atoms with van der Waals surface area (Å²) in [4.78, 5) is 11.8. The maximum Gasteiger partial charge on any atom is 0.140 e. The molecule has 2 rings (SSSR count). The molecule has 94 valence electrons. The van der Waals surface area contributed by atoms with Crippen LogP contribution >= 0.6 is 0 Å². The highest BCUT2D eigenvalue weighted by atomic mass is 32.2. The van der Waals surface area contributed by atoms with Gasteiger partial charge in [-0.2, -0.15) is 0 Å². The number of fused-ring (bicyclic) bond motifs is 2. The molecule has 0 radical (unpaired) electrons. The number of carbonyl (C=O) groups is 1. The molecule has 2 aliphatic carbocycles. The second kappa shape index (κ2) is 3.51. The van der Waals surface area contributed by atoms with Crippen LogP contribution in [0.15, 0.2) is 0 Å². The molecule has 2 aliphatic rings. The minimum Gasteiger partial charge on any atom is -0.748 e. The van der Waals surface area contributed by atoms with Gasteiger partial charge in [-0.1, -0.05) is 13.8 Å². The van der Waals surface area contributed by atoms with Crippen molar-refractivity contribution < 1.29 is 17.8 Å². The fourth-order valence-corrected chi connectivity index (χ4v) is 4.69. The molecule has 2 atom stereocenters. The molecule has 0 spiro atoms. The fourth-order valence-electron chi connectivity index (χ4n) is 3.41. The standard InChI is InChI=1S/C10H16O4S.H3N/c1-9(2)7-3-4-10(9,8(11)5-7)6-15(12,13)14;/h7H,3-6H2,1-2H3,(H,12,13,14);1H3/t7?,10-;/m1./s1. The molecule has 4 N–H and O–H groups in total. The number of hydrogen-bond donors (Lipinski definition) is 1. The Morgan fingerprint density at radius 3 is 2.31 bits per heavy atom. The van der Waals surface area contributed by atoms with Crippen molar-refractivity contribution in [2.75, 3.05) is 5.75 Å². The Hall–Kier alpha value is -0.460. The monoisotopic (exact) mass is 249 g/mol. The largest absolute Gasteiger partial charge is 0.748 e. The maximum atomic E-state index is 11.8. The van der Waals surface area contributed by atoms with Crippen molar-refractivity contribution in [3.05, 3.63) is 0 Å². The summed E-state index contributed by atoms with van der Waals surface area (Å²) in [5.74, 6) is -0.280. The van der Waals surface area contributed by atoms with E-state index in [1.165, 1.54) is 0 Å². The first kappa shape index (κ1) is 13.6. The van der Waals surface area contributed by atoms with Gasteiger partial charge in [-0.15, -0.1) is 0 Å². The van der Waals surface area contributed by atoms with E-state index in [9.17, 15) is 17.8 Å². The molecule has 2 saturated carbocycles. The van der Waals surface area contributed by atoms with Gasteiger partial charge in [0.15, 0.2) is 0 Å². The van der Waals surface area contributed by atoms with Crippen LogP contribution in [-0.2, 0) is 14.9 Å². The van der Waals surface area contributed by atoms with Crippen LogP contribution in [0.25, 0.3) is 0 Å². The van der Waals surface area contributed by atoms with Crippen LogP contribution in [0, 0.1) is 16.7 Å². The molecule has 1 unspecified atom stereocenters. The second-order valence-electron chi connectivity index (χ2n) is 5.37. The maximum absolute atomic E-state index is 11.8. The lowest BCUT2D eigenvalue weighted by atomic mass is 9.70. The van der Waals surface area contributed by atoms with Crippen LogP contribution < -0.4 is 6.15 Å². The summed E-state index contributed by atoms with van der Waals surface area (Å²) >= 11 is 0. The number of Topliss-reactive ketones (excluding diaryl/α,β-unsaturated/α-hetero) is 1. The van der Waals surface area contributed by atoms with E-state index in [1.54, 1.807) is 0 Å². The van der Waals surface area contributed by atoms with E-state index in [0.717, 1.165) is 6.42 Å². The van der Waals surface area contributed by atoms with Crippen molar-refractivity contribution in [1.82, 2.24) is 6.15 Å². The van der Waals surface area contributed by atoms with E-state index < -0.39 is 21.3 Å². The Kier molecular flexibility index (Phi) is 2.99. The van der Waals surface area contributed by atoms with Gasteiger partial charge in [0.25, 0.3) is 0 Å². The van der Waals surface area contributed by atoms with Gasteiger partial charge in [0.05, 0.1) is 15.9 Å². The van der Waals surface area contributed by atoms with E-state index in [4.69, 9.17) is 0 Å². The van der Waals surface area contributed by atoms with Crippen LogP contribution in [0.4, 0.5) is 0 Å². The molecule has 2 fully saturated rings. The molecule has 6 heteroatoms. The van der Waals surface area contributed by atoms with Crippen molar-refractivity contribution >= 4 is 15.9 Å². The summed E-state index contributed by atoms with van der Waals surface area (Å²) in [7, 11) is -4.33. The number of rotatable bonds is 2. The van der Waals surface area contributed by atoms with Gasteiger partial charge in [-0.05, 0) is 24.2 Å². The normalized spacial score (nSPS) is 36.2. The van der Waals surface area contributed by atoms with E-state index in [1.807, 2.05) is 13.8 Å². The Balaban J connectivity index is 0.00000128. The van der Waals surface area contributed by atoms with Crippen LogP contribution in [0.2, 0.25) is 0 Å². The lowest BCUT2D eigenvalue weighted by Crippen LogP contribution is -2.42. The SMILES string of the molecule is CC1(C)C2CC[C@@]1(CS(=O)(=O)[O-])C(=O)C2.[NH4+]. The summed E-state index contributed by atoms with van der Waals surface area (Å²) < 4.78 is 32.7. The second-order valence-corrected chi connectivity index (χ2v) is 6.77. The minimum atomic E-state index is -4.33. The van der Waals surface area contributed by atoms with Crippen LogP contribution in [0.5, 0.6) is 0 Å². The fraction of sp³-hybridized carbons (Fsp3) is 0.900. The minimum absolute atomic E-state index is 0. The Bertz CT molecular complexity index is 415. The third-order valence-electron chi connectivity index (χ3n) is 4.56. The topological polar surface area (TPSA) is 111 Å². The smallest absolute Gasteiger partial charge is 0.140 e. The molecule has 0 saturated heterocycles. The van der Waals surface area contributed by atoms with Crippen molar-refractivity contribution in [3.8, 4) is 0 Å². The summed E-state index contributed by atoms with van der Waals surface area (Å²) in [6.45, 7) is 3.83. The third-order valence-corrected chi connectivity index (χ3v) is 5.41.